The normalized spacial score (nSPS) is 21.0. The van der Waals surface area contributed by atoms with Gasteiger partial charge in [0.15, 0.2) is 0 Å². The van der Waals surface area contributed by atoms with E-state index in [2.05, 4.69) is 15.1 Å². The second-order valence-electron chi connectivity index (χ2n) is 7.50. The van der Waals surface area contributed by atoms with Crippen molar-refractivity contribution in [3.63, 3.8) is 0 Å². The molecule has 0 spiro atoms. The van der Waals surface area contributed by atoms with Crippen LogP contribution in [-0.2, 0) is 9.53 Å². The fraction of sp³-hybridized carbons (Fsp3) is 0.600. The molecule has 4 rings (SSSR count). The molecule has 0 bridgehead atoms. The highest BCUT2D eigenvalue weighted by atomic mass is 16.5. The van der Waals surface area contributed by atoms with Crippen molar-refractivity contribution in [2.75, 3.05) is 19.8 Å². The minimum absolute atomic E-state index is 0.0151. The Balaban J connectivity index is 1.65. The van der Waals surface area contributed by atoms with Crippen LogP contribution in [0.15, 0.2) is 10.6 Å². The lowest BCUT2D eigenvalue weighted by atomic mass is 9.97. The van der Waals surface area contributed by atoms with E-state index in [0.717, 1.165) is 60.6 Å². The summed E-state index contributed by atoms with van der Waals surface area (Å²) in [5.41, 5.74) is 3.47. The van der Waals surface area contributed by atoms with Crippen molar-refractivity contribution in [1.29, 1.82) is 0 Å². The molecule has 2 aliphatic rings. The number of ether oxygens (including phenoxy) is 1. The molecule has 2 saturated heterocycles. The van der Waals surface area contributed by atoms with Crippen LogP contribution in [0.1, 0.15) is 54.7 Å². The van der Waals surface area contributed by atoms with Gasteiger partial charge in [0.2, 0.25) is 5.91 Å². The summed E-state index contributed by atoms with van der Waals surface area (Å²) in [5, 5.41) is 4.04. The van der Waals surface area contributed by atoms with E-state index in [1.807, 2.05) is 31.7 Å². The number of amides is 1. The average molecular weight is 370 g/mol. The third-order valence-electron chi connectivity index (χ3n) is 5.60. The van der Waals surface area contributed by atoms with Crippen molar-refractivity contribution >= 4 is 5.91 Å². The van der Waals surface area contributed by atoms with Crippen LogP contribution in [-0.4, -0.2) is 45.7 Å². The van der Waals surface area contributed by atoms with Crippen molar-refractivity contribution in [3.8, 4) is 11.3 Å². The molecule has 0 saturated carbocycles. The van der Waals surface area contributed by atoms with Crippen LogP contribution in [0.5, 0.6) is 0 Å². The molecule has 0 aliphatic carbocycles. The zero-order valence-corrected chi connectivity index (χ0v) is 16.2. The standard InChI is InChI=1S/C20H26N4O3/c1-12-19(13(2)27-23-12)17-11-16(21-14(3)22-17)18-5-4-8-24(18)20(25)15-6-9-26-10-7-15/h11,15,18H,4-10H2,1-3H3. The van der Waals surface area contributed by atoms with E-state index in [9.17, 15) is 4.79 Å². The van der Waals surface area contributed by atoms with Gasteiger partial charge in [-0.3, -0.25) is 4.79 Å². The number of carbonyl (C=O) groups excluding carboxylic acids is 1. The summed E-state index contributed by atoms with van der Waals surface area (Å²) in [7, 11) is 0. The molecule has 7 nitrogen and oxygen atoms in total. The molecule has 0 aromatic carbocycles. The second kappa shape index (κ2) is 7.38. The highest BCUT2D eigenvalue weighted by Crippen LogP contribution is 2.35. The molecule has 1 atom stereocenters. The van der Waals surface area contributed by atoms with Gasteiger partial charge in [-0.15, -0.1) is 0 Å². The maximum atomic E-state index is 13.1. The Morgan fingerprint density at radius 1 is 1.15 bits per heavy atom. The number of nitrogens with zero attached hydrogens (tertiary/aromatic N) is 4. The van der Waals surface area contributed by atoms with Crippen molar-refractivity contribution in [2.24, 2.45) is 5.92 Å². The fourth-order valence-corrected chi connectivity index (χ4v) is 4.26. The molecule has 1 amide bonds. The quantitative estimate of drug-likeness (QED) is 0.825. The third kappa shape index (κ3) is 3.48. The molecule has 0 N–H and O–H groups in total. The lowest BCUT2D eigenvalue weighted by Crippen LogP contribution is -2.38. The molecule has 7 heteroatoms. The first-order valence-electron chi connectivity index (χ1n) is 9.71. The van der Waals surface area contributed by atoms with Gasteiger partial charge in [-0.05, 0) is 52.5 Å². The van der Waals surface area contributed by atoms with Crippen LogP contribution in [0, 0.1) is 26.7 Å². The molecule has 2 aromatic heterocycles. The molecule has 2 aromatic rings. The summed E-state index contributed by atoms with van der Waals surface area (Å²) < 4.78 is 10.7. The summed E-state index contributed by atoms with van der Waals surface area (Å²) in [6, 6.07) is 2.01. The van der Waals surface area contributed by atoms with Gasteiger partial charge in [-0.1, -0.05) is 5.16 Å². The van der Waals surface area contributed by atoms with Gasteiger partial charge in [0.05, 0.1) is 28.7 Å². The maximum absolute atomic E-state index is 13.1. The number of aryl methyl sites for hydroxylation is 3. The van der Waals surface area contributed by atoms with Crippen molar-refractivity contribution in [2.45, 2.75) is 52.5 Å². The molecule has 2 aliphatic heterocycles. The predicted molar refractivity (Wildman–Crippen MR) is 99.0 cm³/mol. The van der Waals surface area contributed by atoms with Crippen LogP contribution in [0.25, 0.3) is 11.3 Å². The molecule has 27 heavy (non-hydrogen) atoms. The van der Waals surface area contributed by atoms with Gasteiger partial charge in [-0.2, -0.15) is 0 Å². The number of likely N-dealkylation sites (tertiary alicyclic amines) is 1. The first kappa shape index (κ1) is 18.1. The lowest BCUT2D eigenvalue weighted by Gasteiger charge is -2.30. The molecule has 0 radical (unpaired) electrons. The van der Waals surface area contributed by atoms with Crippen LogP contribution in [0.2, 0.25) is 0 Å². The smallest absolute Gasteiger partial charge is 0.226 e. The Labute approximate surface area is 159 Å². The molecular formula is C20H26N4O3. The Kier molecular flexibility index (Phi) is 4.95. The van der Waals surface area contributed by atoms with Gasteiger partial charge >= 0.3 is 0 Å². The van der Waals surface area contributed by atoms with E-state index in [1.165, 1.54) is 0 Å². The summed E-state index contributed by atoms with van der Waals surface area (Å²) in [5.74, 6) is 1.77. The van der Waals surface area contributed by atoms with Gasteiger partial charge in [0, 0.05) is 25.7 Å². The molecule has 2 fully saturated rings. The summed E-state index contributed by atoms with van der Waals surface area (Å²) in [4.78, 5) is 24.4. The average Bonchev–Trinajstić information content (AvgIpc) is 3.28. The van der Waals surface area contributed by atoms with Crippen molar-refractivity contribution in [1.82, 2.24) is 20.0 Å². The summed E-state index contributed by atoms with van der Waals surface area (Å²) in [6.07, 6.45) is 3.57. The highest BCUT2D eigenvalue weighted by molar-refractivity contribution is 5.79. The predicted octanol–water partition coefficient (Wildman–Crippen LogP) is 3.15. The first-order valence-corrected chi connectivity index (χ1v) is 9.71. The first-order chi connectivity index (χ1) is 13.0. The topological polar surface area (TPSA) is 81.4 Å². The number of carbonyl (C=O) groups is 1. The van der Waals surface area contributed by atoms with E-state index in [4.69, 9.17) is 9.26 Å². The van der Waals surface area contributed by atoms with Gasteiger partial charge < -0.3 is 14.2 Å². The fourth-order valence-electron chi connectivity index (χ4n) is 4.26. The largest absolute Gasteiger partial charge is 0.381 e. The van der Waals surface area contributed by atoms with Gasteiger partial charge in [0.1, 0.15) is 11.6 Å². The lowest BCUT2D eigenvalue weighted by molar-refractivity contribution is -0.139. The SMILES string of the molecule is Cc1nc(-c2c(C)noc2C)cc(C2CCCN2C(=O)C2CCOCC2)n1. The minimum atomic E-state index is 0.0151. The number of rotatable bonds is 3. The van der Waals surface area contributed by atoms with E-state index in [0.29, 0.717) is 19.0 Å². The van der Waals surface area contributed by atoms with Crippen LogP contribution < -0.4 is 0 Å². The Hall–Kier alpha value is -2.28. The van der Waals surface area contributed by atoms with Crippen molar-refractivity contribution in [3.05, 3.63) is 29.0 Å². The Bertz CT molecular complexity index is 822. The van der Waals surface area contributed by atoms with E-state index in [1.54, 1.807) is 0 Å². The zero-order valence-electron chi connectivity index (χ0n) is 16.2. The number of aromatic nitrogens is 3. The number of hydrogen-bond donors (Lipinski definition) is 0. The van der Waals surface area contributed by atoms with Crippen LogP contribution >= 0.6 is 0 Å². The maximum Gasteiger partial charge on any atom is 0.226 e. The van der Waals surface area contributed by atoms with E-state index in [-0.39, 0.29) is 17.9 Å². The molecular weight excluding hydrogens is 344 g/mol. The zero-order chi connectivity index (χ0) is 19.0. The molecule has 144 valence electrons. The molecule has 4 heterocycles. The highest BCUT2D eigenvalue weighted by Gasteiger charge is 2.35. The minimum Gasteiger partial charge on any atom is -0.381 e. The monoisotopic (exact) mass is 370 g/mol. The van der Waals surface area contributed by atoms with Crippen LogP contribution in [0.4, 0.5) is 0 Å². The summed E-state index contributed by atoms with van der Waals surface area (Å²) >= 11 is 0. The van der Waals surface area contributed by atoms with Crippen LogP contribution in [0.3, 0.4) is 0 Å². The van der Waals surface area contributed by atoms with Crippen molar-refractivity contribution < 1.29 is 14.1 Å². The van der Waals surface area contributed by atoms with E-state index >= 15 is 0 Å². The second-order valence-corrected chi connectivity index (χ2v) is 7.50. The molecule has 1 unspecified atom stereocenters. The van der Waals surface area contributed by atoms with Gasteiger partial charge in [0.25, 0.3) is 0 Å². The Morgan fingerprint density at radius 3 is 2.63 bits per heavy atom. The number of hydrogen-bond acceptors (Lipinski definition) is 6. The summed E-state index contributed by atoms with van der Waals surface area (Å²) in [6.45, 7) is 7.85. The third-order valence-corrected chi connectivity index (χ3v) is 5.60. The van der Waals surface area contributed by atoms with Gasteiger partial charge in [-0.25, -0.2) is 9.97 Å². The van der Waals surface area contributed by atoms with E-state index < -0.39 is 0 Å². The Morgan fingerprint density at radius 2 is 1.93 bits per heavy atom.